The third-order valence-corrected chi connectivity index (χ3v) is 5.35. The van der Waals surface area contributed by atoms with Crippen LogP contribution in [0.5, 0.6) is 0 Å². The molecule has 1 N–H and O–H groups in total. The minimum Gasteiger partial charge on any atom is -0.329 e. The highest BCUT2D eigenvalue weighted by molar-refractivity contribution is 7.88. The summed E-state index contributed by atoms with van der Waals surface area (Å²) in [5, 5.41) is 4.29. The molecule has 132 valence electrons. The molecule has 2 heterocycles. The van der Waals surface area contributed by atoms with Crippen molar-refractivity contribution in [1.82, 2.24) is 19.4 Å². The smallest absolute Gasteiger partial charge is 0.250 e. The van der Waals surface area contributed by atoms with Crippen molar-refractivity contribution in [2.75, 3.05) is 12.8 Å². The second kappa shape index (κ2) is 7.06. The number of nitrogens with one attached hydrogen (secondary N) is 1. The van der Waals surface area contributed by atoms with Crippen LogP contribution in [0.2, 0.25) is 0 Å². The number of aromatic nitrogens is 2. The lowest BCUT2D eigenvalue weighted by molar-refractivity contribution is -0.130. The van der Waals surface area contributed by atoms with Gasteiger partial charge in [-0.05, 0) is 38.2 Å². The zero-order valence-corrected chi connectivity index (χ0v) is 14.8. The van der Waals surface area contributed by atoms with Crippen LogP contribution in [0.3, 0.4) is 0 Å². The van der Waals surface area contributed by atoms with Crippen LogP contribution in [-0.4, -0.2) is 47.8 Å². The summed E-state index contributed by atoms with van der Waals surface area (Å²) >= 11 is 0. The largest absolute Gasteiger partial charge is 0.329 e. The molecule has 3 rings (SSSR count). The Labute approximate surface area is 142 Å². The number of nitrogens with zero attached hydrogens (tertiary/aromatic N) is 3. The van der Waals surface area contributed by atoms with Crippen LogP contribution in [0.1, 0.15) is 37.8 Å². The van der Waals surface area contributed by atoms with Crippen molar-refractivity contribution >= 4 is 15.9 Å². The van der Waals surface area contributed by atoms with E-state index in [4.69, 9.17) is 0 Å². The quantitative estimate of drug-likeness (QED) is 0.877. The van der Waals surface area contributed by atoms with Gasteiger partial charge in [0, 0.05) is 30.9 Å². The van der Waals surface area contributed by atoms with E-state index in [2.05, 4.69) is 9.82 Å². The number of hydrogen-bond donors (Lipinski definition) is 1. The van der Waals surface area contributed by atoms with Gasteiger partial charge < -0.3 is 4.90 Å². The molecule has 0 saturated carbocycles. The zero-order valence-electron chi connectivity index (χ0n) is 13.9. The molecule has 0 saturated heterocycles. The van der Waals surface area contributed by atoms with Crippen molar-refractivity contribution in [3.05, 3.63) is 29.6 Å². The van der Waals surface area contributed by atoms with E-state index in [0.717, 1.165) is 43.2 Å². The molecule has 2 aliphatic rings. The van der Waals surface area contributed by atoms with E-state index in [-0.39, 0.29) is 18.5 Å². The Kier molecular flexibility index (Phi) is 5.05. The molecule has 0 aromatic carbocycles. The van der Waals surface area contributed by atoms with E-state index in [1.54, 1.807) is 6.20 Å². The van der Waals surface area contributed by atoms with Crippen molar-refractivity contribution in [3.63, 3.8) is 0 Å². The Bertz CT molecular complexity index is 738. The predicted octanol–water partition coefficient (Wildman–Crippen LogP) is 1.03. The molecule has 1 aliphatic carbocycles. The number of allylic oxidation sites excluding steroid dienone is 1. The maximum absolute atomic E-state index is 13.0. The first-order valence-electron chi connectivity index (χ1n) is 8.39. The molecule has 1 unspecified atom stereocenters. The minimum atomic E-state index is -3.29. The molecule has 0 bridgehead atoms. The van der Waals surface area contributed by atoms with Crippen LogP contribution in [0.15, 0.2) is 23.9 Å². The first-order chi connectivity index (χ1) is 11.4. The monoisotopic (exact) mass is 352 g/mol. The number of amides is 1. The third kappa shape index (κ3) is 4.05. The fourth-order valence-corrected chi connectivity index (χ4v) is 3.84. The topological polar surface area (TPSA) is 84.3 Å². The summed E-state index contributed by atoms with van der Waals surface area (Å²) in [6.07, 6.45) is 9.51. The van der Waals surface area contributed by atoms with E-state index in [0.29, 0.717) is 19.5 Å². The first kappa shape index (κ1) is 17.2. The molecule has 0 spiro atoms. The Morgan fingerprint density at radius 2 is 2.25 bits per heavy atom. The van der Waals surface area contributed by atoms with Gasteiger partial charge in [0.25, 0.3) is 0 Å². The highest BCUT2D eigenvalue weighted by Gasteiger charge is 2.30. The van der Waals surface area contributed by atoms with Crippen molar-refractivity contribution < 1.29 is 13.2 Å². The molecule has 0 fully saturated rings. The van der Waals surface area contributed by atoms with E-state index < -0.39 is 10.0 Å². The second-order valence-corrected chi connectivity index (χ2v) is 8.35. The molecule has 24 heavy (non-hydrogen) atoms. The summed E-state index contributed by atoms with van der Waals surface area (Å²) in [5.41, 5.74) is 1.85. The average molecular weight is 352 g/mol. The zero-order chi connectivity index (χ0) is 17.2. The summed E-state index contributed by atoms with van der Waals surface area (Å²) in [6, 6.07) is 1.75. The van der Waals surface area contributed by atoms with Gasteiger partial charge in [-0.15, -0.1) is 0 Å². The van der Waals surface area contributed by atoms with Crippen molar-refractivity contribution in [3.8, 4) is 0 Å². The van der Waals surface area contributed by atoms with Crippen LogP contribution in [0, 0.1) is 0 Å². The van der Waals surface area contributed by atoms with Gasteiger partial charge in [-0.1, -0.05) is 6.08 Å². The number of fused-ring (bicyclic) bond motifs is 1. The Morgan fingerprint density at radius 1 is 1.42 bits per heavy atom. The summed E-state index contributed by atoms with van der Waals surface area (Å²) < 4.78 is 27.4. The average Bonchev–Trinajstić information content (AvgIpc) is 2.92. The number of aryl methyl sites for hydroxylation is 1. The lowest BCUT2D eigenvalue weighted by Gasteiger charge is -2.31. The minimum absolute atomic E-state index is 0.0321. The Balaban J connectivity index is 1.83. The SMILES string of the molecule is CS(=O)(=O)NCC1CCn2nccc2CN1C(=O)C1=CCCCC1. The number of rotatable bonds is 4. The summed E-state index contributed by atoms with van der Waals surface area (Å²) in [4.78, 5) is 14.8. The van der Waals surface area contributed by atoms with E-state index in [1.807, 2.05) is 21.7 Å². The molecule has 1 aromatic rings. The molecular formula is C16H24N4O3S. The van der Waals surface area contributed by atoms with Gasteiger partial charge >= 0.3 is 0 Å². The fraction of sp³-hybridized carbons (Fsp3) is 0.625. The lowest BCUT2D eigenvalue weighted by atomic mass is 9.97. The third-order valence-electron chi connectivity index (χ3n) is 4.66. The highest BCUT2D eigenvalue weighted by Crippen LogP contribution is 2.24. The molecule has 0 radical (unpaired) electrons. The van der Waals surface area contributed by atoms with Gasteiger partial charge in [0.15, 0.2) is 0 Å². The number of hydrogen-bond acceptors (Lipinski definition) is 4. The molecule has 7 nitrogen and oxygen atoms in total. The molecule has 1 atom stereocenters. The van der Waals surface area contributed by atoms with Gasteiger partial charge in [0.05, 0.1) is 18.5 Å². The Morgan fingerprint density at radius 3 is 2.96 bits per heavy atom. The van der Waals surface area contributed by atoms with Crippen molar-refractivity contribution in [1.29, 1.82) is 0 Å². The summed E-state index contributed by atoms with van der Waals surface area (Å²) in [5.74, 6) is 0.0321. The van der Waals surface area contributed by atoms with E-state index >= 15 is 0 Å². The summed E-state index contributed by atoms with van der Waals surface area (Å²) in [7, 11) is -3.29. The maximum atomic E-state index is 13.0. The molecular weight excluding hydrogens is 328 g/mol. The lowest BCUT2D eigenvalue weighted by Crippen LogP contribution is -2.46. The van der Waals surface area contributed by atoms with Crippen LogP contribution < -0.4 is 4.72 Å². The normalized spacial score (nSPS) is 21.8. The van der Waals surface area contributed by atoms with E-state index in [1.165, 1.54) is 0 Å². The van der Waals surface area contributed by atoms with Crippen LogP contribution >= 0.6 is 0 Å². The Hall–Kier alpha value is -1.67. The molecule has 1 aliphatic heterocycles. The molecule has 8 heteroatoms. The molecule has 1 amide bonds. The predicted molar refractivity (Wildman–Crippen MR) is 90.6 cm³/mol. The maximum Gasteiger partial charge on any atom is 0.250 e. The van der Waals surface area contributed by atoms with Crippen LogP contribution in [-0.2, 0) is 27.9 Å². The van der Waals surface area contributed by atoms with Gasteiger partial charge in [-0.3, -0.25) is 9.48 Å². The van der Waals surface area contributed by atoms with Gasteiger partial charge in [-0.25, -0.2) is 13.1 Å². The second-order valence-electron chi connectivity index (χ2n) is 6.52. The van der Waals surface area contributed by atoms with Crippen molar-refractivity contribution in [2.45, 2.75) is 51.2 Å². The first-order valence-corrected chi connectivity index (χ1v) is 10.3. The van der Waals surface area contributed by atoms with Crippen LogP contribution in [0.25, 0.3) is 0 Å². The standard InChI is InChI=1S/C16H24N4O3S/c1-24(22,23)18-11-14-8-10-20-15(7-9-17-20)12-19(14)16(21)13-5-3-2-4-6-13/h5,7,9,14,18H,2-4,6,8,10-12H2,1H3. The highest BCUT2D eigenvalue weighted by atomic mass is 32.2. The van der Waals surface area contributed by atoms with Crippen LogP contribution in [0.4, 0.5) is 0 Å². The van der Waals surface area contributed by atoms with Gasteiger partial charge in [0.2, 0.25) is 15.9 Å². The number of sulfonamides is 1. The molecule has 1 aromatic heterocycles. The van der Waals surface area contributed by atoms with Crippen molar-refractivity contribution in [2.24, 2.45) is 0 Å². The number of carbonyl (C=O) groups is 1. The summed E-state index contributed by atoms with van der Waals surface area (Å²) in [6.45, 7) is 1.39. The van der Waals surface area contributed by atoms with E-state index in [9.17, 15) is 13.2 Å². The van der Waals surface area contributed by atoms with Gasteiger partial charge in [-0.2, -0.15) is 5.10 Å². The number of carbonyl (C=O) groups excluding carboxylic acids is 1. The van der Waals surface area contributed by atoms with Gasteiger partial charge in [0.1, 0.15) is 0 Å². The fourth-order valence-electron chi connectivity index (χ4n) is 3.34.